The molecule has 0 aliphatic rings. The van der Waals surface area contributed by atoms with E-state index in [1.807, 2.05) is 45.0 Å². The molecule has 1 aromatic heterocycles. The number of aryl methyl sites for hydroxylation is 2. The van der Waals surface area contributed by atoms with Crippen molar-refractivity contribution in [3.8, 4) is 11.5 Å². The lowest BCUT2D eigenvalue weighted by Crippen LogP contribution is -2.41. The van der Waals surface area contributed by atoms with Crippen molar-refractivity contribution in [1.29, 1.82) is 0 Å². The van der Waals surface area contributed by atoms with E-state index in [1.165, 1.54) is 0 Å². The van der Waals surface area contributed by atoms with Gasteiger partial charge in [-0.3, -0.25) is 4.99 Å². The number of hydrogen-bond donors (Lipinski definition) is 2. The van der Waals surface area contributed by atoms with Gasteiger partial charge in [0.25, 0.3) is 0 Å². The molecule has 0 radical (unpaired) electrons. The Kier molecular flexibility index (Phi) is 9.25. The molecule has 1 aromatic carbocycles. The third-order valence-corrected chi connectivity index (χ3v) is 3.66. The molecule has 1 unspecified atom stereocenters. The standard InChI is InChI=1S/C18H26N4O3.HI/c1-12(24-16-9-7-6-8-15(16)23-5)10-20-18(19-4)21-11-17-22-13(2)14(3)25-17;/h6-9,12H,10-11H2,1-5H3,(H2,19,20,21);1H. The quantitative estimate of drug-likeness (QED) is 0.365. The SMILES string of the molecule is CN=C(NCc1nc(C)c(C)o1)NCC(C)Oc1ccccc1OC.I. The first-order chi connectivity index (χ1) is 12.0. The maximum absolute atomic E-state index is 5.91. The minimum Gasteiger partial charge on any atom is -0.493 e. The van der Waals surface area contributed by atoms with E-state index in [0.29, 0.717) is 36.4 Å². The maximum Gasteiger partial charge on any atom is 0.214 e. The average Bonchev–Trinajstić information content (AvgIpc) is 2.93. The molecular weight excluding hydrogens is 447 g/mol. The first-order valence-corrected chi connectivity index (χ1v) is 8.20. The fourth-order valence-electron chi connectivity index (χ4n) is 2.21. The predicted molar refractivity (Wildman–Crippen MR) is 113 cm³/mol. The minimum absolute atomic E-state index is 0. The van der Waals surface area contributed by atoms with Gasteiger partial charge in [0.2, 0.25) is 5.89 Å². The summed E-state index contributed by atoms with van der Waals surface area (Å²) in [5.74, 6) is 3.55. The molecule has 144 valence electrons. The topological polar surface area (TPSA) is 80.9 Å². The van der Waals surface area contributed by atoms with E-state index in [4.69, 9.17) is 13.9 Å². The molecule has 8 heteroatoms. The number of methoxy groups -OCH3 is 1. The molecule has 26 heavy (non-hydrogen) atoms. The molecule has 2 aromatic rings. The number of hydrogen-bond acceptors (Lipinski definition) is 5. The van der Waals surface area contributed by atoms with Crippen molar-refractivity contribution >= 4 is 29.9 Å². The number of aliphatic imine (C=N–C) groups is 1. The van der Waals surface area contributed by atoms with Crippen LogP contribution in [0.3, 0.4) is 0 Å². The van der Waals surface area contributed by atoms with Crippen molar-refractivity contribution in [2.75, 3.05) is 20.7 Å². The van der Waals surface area contributed by atoms with Crippen molar-refractivity contribution in [2.45, 2.75) is 33.4 Å². The molecule has 0 spiro atoms. The zero-order valence-corrected chi connectivity index (χ0v) is 18.2. The number of rotatable bonds is 7. The number of benzene rings is 1. The Hall–Kier alpha value is -1.97. The molecule has 0 amide bonds. The van der Waals surface area contributed by atoms with Gasteiger partial charge in [0.05, 0.1) is 25.9 Å². The number of ether oxygens (including phenoxy) is 2. The zero-order valence-electron chi connectivity index (χ0n) is 15.8. The molecule has 2 N–H and O–H groups in total. The van der Waals surface area contributed by atoms with Gasteiger partial charge in [-0.15, -0.1) is 24.0 Å². The van der Waals surface area contributed by atoms with Crippen molar-refractivity contribution in [3.05, 3.63) is 41.6 Å². The number of para-hydroxylation sites is 2. The van der Waals surface area contributed by atoms with E-state index < -0.39 is 0 Å². The smallest absolute Gasteiger partial charge is 0.214 e. The Balaban J connectivity index is 0.00000338. The fourth-order valence-corrected chi connectivity index (χ4v) is 2.21. The van der Waals surface area contributed by atoms with Crippen LogP contribution in [0.2, 0.25) is 0 Å². The Morgan fingerprint density at radius 2 is 1.92 bits per heavy atom. The molecule has 2 rings (SSSR count). The summed E-state index contributed by atoms with van der Waals surface area (Å²) in [5, 5.41) is 6.39. The van der Waals surface area contributed by atoms with Crippen LogP contribution in [0.15, 0.2) is 33.7 Å². The summed E-state index contributed by atoms with van der Waals surface area (Å²) in [7, 11) is 3.34. The summed E-state index contributed by atoms with van der Waals surface area (Å²) in [6.45, 7) is 6.85. The van der Waals surface area contributed by atoms with Gasteiger partial charge >= 0.3 is 0 Å². The van der Waals surface area contributed by atoms with Crippen molar-refractivity contribution < 1.29 is 13.9 Å². The van der Waals surface area contributed by atoms with Crippen LogP contribution in [0.1, 0.15) is 24.3 Å². The molecule has 0 saturated carbocycles. The summed E-state index contributed by atoms with van der Waals surface area (Å²) in [6.07, 6.45) is -0.0684. The molecule has 7 nitrogen and oxygen atoms in total. The summed E-state index contributed by atoms with van der Waals surface area (Å²) in [6, 6.07) is 7.58. The van der Waals surface area contributed by atoms with Crippen LogP contribution >= 0.6 is 24.0 Å². The molecule has 1 atom stereocenters. The van der Waals surface area contributed by atoms with E-state index >= 15 is 0 Å². The van der Waals surface area contributed by atoms with Gasteiger partial charge in [-0.05, 0) is 32.9 Å². The predicted octanol–water partition coefficient (Wildman–Crippen LogP) is 3.05. The van der Waals surface area contributed by atoms with E-state index in [0.717, 1.165) is 11.5 Å². The van der Waals surface area contributed by atoms with E-state index in [1.54, 1.807) is 14.2 Å². The molecule has 0 saturated heterocycles. The maximum atomic E-state index is 5.91. The van der Waals surface area contributed by atoms with Gasteiger partial charge in [0, 0.05) is 7.05 Å². The molecule has 0 bridgehead atoms. The van der Waals surface area contributed by atoms with Gasteiger partial charge in [-0.25, -0.2) is 4.98 Å². The average molecular weight is 474 g/mol. The van der Waals surface area contributed by atoms with E-state index in [2.05, 4.69) is 20.6 Å². The lowest BCUT2D eigenvalue weighted by atomic mass is 10.3. The second-order valence-corrected chi connectivity index (χ2v) is 5.64. The van der Waals surface area contributed by atoms with Gasteiger partial charge in [0.15, 0.2) is 17.5 Å². The van der Waals surface area contributed by atoms with Crippen LogP contribution in [0.25, 0.3) is 0 Å². The first kappa shape index (κ1) is 22.1. The highest BCUT2D eigenvalue weighted by atomic mass is 127. The molecule has 1 heterocycles. The number of nitrogens with zero attached hydrogens (tertiary/aromatic N) is 2. The van der Waals surface area contributed by atoms with Gasteiger partial charge in [-0.1, -0.05) is 12.1 Å². The number of aromatic nitrogens is 1. The summed E-state index contributed by atoms with van der Waals surface area (Å²) >= 11 is 0. The van der Waals surface area contributed by atoms with E-state index in [-0.39, 0.29) is 30.1 Å². The van der Waals surface area contributed by atoms with Crippen molar-refractivity contribution in [3.63, 3.8) is 0 Å². The Morgan fingerprint density at radius 1 is 1.23 bits per heavy atom. The third kappa shape index (κ3) is 6.40. The minimum atomic E-state index is -0.0684. The number of halogens is 1. The number of oxazole rings is 1. The van der Waals surface area contributed by atoms with Gasteiger partial charge in [0.1, 0.15) is 11.9 Å². The Bertz CT molecular complexity index is 699. The summed E-state index contributed by atoms with van der Waals surface area (Å²) < 4.78 is 16.7. The first-order valence-electron chi connectivity index (χ1n) is 8.20. The normalized spacial score (nSPS) is 12.1. The summed E-state index contributed by atoms with van der Waals surface area (Å²) in [5.41, 5.74) is 0.901. The van der Waals surface area contributed by atoms with Crippen molar-refractivity contribution in [1.82, 2.24) is 15.6 Å². The largest absolute Gasteiger partial charge is 0.493 e. The van der Waals surface area contributed by atoms with E-state index in [9.17, 15) is 0 Å². The molecule has 0 fully saturated rings. The van der Waals surface area contributed by atoms with Crippen molar-refractivity contribution in [2.24, 2.45) is 4.99 Å². The van der Waals surface area contributed by atoms with Gasteiger partial charge in [-0.2, -0.15) is 0 Å². The number of guanidine groups is 1. The van der Waals surface area contributed by atoms with Crippen LogP contribution in [0.4, 0.5) is 0 Å². The monoisotopic (exact) mass is 474 g/mol. The third-order valence-electron chi connectivity index (χ3n) is 3.66. The van der Waals surface area contributed by atoms with Crippen LogP contribution in [-0.2, 0) is 6.54 Å². The van der Waals surface area contributed by atoms with Crippen LogP contribution < -0.4 is 20.1 Å². The second-order valence-electron chi connectivity index (χ2n) is 5.64. The summed E-state index contributed by atoms with van der Waals surface area (Å²) in [4.78, 5) is 8.53. The zero-order chi connectivity index (χ0) is 18.2. The highest BCUT2D eigenvalue weighted by Gasteiger charge is 2.10. The number of nitrogens with one attached hydrogen (secondary N) is 2. The highest BCUT2D eigenvalue weighted by Crippen LogP contribution is 2.26. The Labute approximate surface area is 171 Å². The fraction of sp³-hybridized carbons (Fsp3) is 0.444. The highest BCUT2D eigenvalue weighted by molar-refractivity contribution is 14.0. The van der Waals surface area contributed by atoms with Crippen LogP contribution in [0, 0.1) is 13.8 Å². The van der Waals surface area contributed by atoms with Crippen LogP contribution in [-0.4, -0.2) is 37.7 Å². The van der Waals surface area contributed by atoms with Crippen LogP contribution in [0.5, 0.6) is 11.5 Å². The second kappa shape index (κ2) is 10.9. The lowest BCUT2D eigenvalue weighted by molar-refractivity contribution is 0.213. The molecular formula is C18H27IN4O3. The molecule has 0 aliphatic carbocycles. The van der Waals surface area contributed by atoms with Gasteiger partial charge < -0.3 is 24.5 Å². The lowest BCUT2D eigenvalue weighted by Gasteiger charge is -2.18. The Morgan fingerprint density at radius 3 is 2.50 bits per heavy atom. The molecule has 0 aliphatic heterocycles.